The summed E-state index contributed by atoms with van der Waals surface area (Å²) in [5.41, 5.74) is 23.3. The second-order valence-corrected chi connectivity index (χ2v) is 36.3. The van der Waals surface area contributed by atoms with E-state index in [1.54, 1.807) is 0 Å². The van der Waals surface area contributed by atoms with Gasteiger partial charge in [0.05, 0.1) is 11.4 Å². The van der Waals surface area contributed by atoms with Crippen LogP contribution in [0.4, 0.5) is 51.2 Å². The summed E-state index contributed by atoms with van der Waals surface area (Å²) in [5, 5.41) is 10.7. The van der Waals surface area contributed by atoms with Crippen molar-refractivity contribution in [2.45, 2.75) is 19.3 Å². The average Bonchev–Trinajstić information content (AvgIpc) is 0.690. The van der Waals surface area contributed by atoms with Gasteiger partial charge in [0.2, 0.25) is 0 Å². The molecule has 0 saturated heterocycles. The standard InChI is InChI=1S/C99H74BN3Si2/c1-99(2)88-53-27-29-55-92(88)102(93-56-30-28-54-89(93)99)78-39-32-38-74(66-78)76-68-96-98-97(69-76)103(79-40-31-37-73(65-79)71-33-11-3-12-34-71)94-64-62-87(105(83-47-21-8-22-48-83,84-49-23-9-24-50-84)85-51-25-10-26-52-85)70-91(94)100(98)90-63-57-75(72-35-13-4-14-36-72)67-95(90)101(96)77-58-60-86(61-59-77)104(80-41-15-5-16-42-80,81-43-17-6-18-44-81)82-45-19-7-20-46-82/h3-70H,1-2H3. The largest absolute Gasteiger partial charge is 0.311 e. The minimum Gasteiger partial charge on any atom is -0.311 e. The Hall–Kier alpha value is -12.6. The lowest BCUT2D eigenvalue weighted by molar-refractivity contribution is 0.632. The van der Waals surface area contributed by atoms with Gasteiger partial charge in [-0.2, -0.15) is 0 Å². The van der Waals surface area contributed by atoms with Gasteiger partial charge in [0, 0.05) is 45.2 Å². The number of hydrogen-bond acceptors (Lipinski definition) is 3. The van der Waals surface area contributed by atoms with Crippen molar-refractivity contribution < 1.29 is 0 Å². The van der Waals surface area contributed by atoms with Crippen LogP contribution in [0.15, 0.2) is 413 Å². The Morgan fingerprint density at radius 2 is 0.543 bits per heavy atom. The van der Waals surface area contributed by atoms with E-state index in [0.717, 1.165) is 62.1 Å². The van der Waals surface area contributed by atoms with Crippen LogP contribution in [0.2, 0.25) is 0 Å². The lowest BCUT2D eigenvalue weighted by atomic mass is 9.33. The van der Waals surface area contributed by atoms with Gasteiger partial charge < -0.3 is 14.7 Å². The quantitative estimate of drug-likeness (QED) is 0.0794. The number of nitrogens with zero attached hydrogens (tertiary/aromatic N) is 3. The summed E-state index contributed by atoms with van der Waals surface area (Å²) in [6.45, 7) is 4.52. The molecule has 16 aromatic carbocycles. The van der Waals surface area contributed by atoms with Gasteiger partial charge in [0.15, 0.2) is 16.1 Å². The Balaban J connectivity index is 0.916. The first-order chi connectivity index (χ1) is 51.8. The van der Waals surface area contributed by atoms with Gasteiger partial charge in [0.1, 0.15) is 0 Å². The normalized spacial score (nSPS) is 13.2. The van der Waals surface area contributed by atoms with Crippen molar-refractivity contribution in [3.8, 4) is 33.4 Å². The molecule has 19 rings (SSSR count). The molecule has 0 bridgehead atoms. The van der Waals surface area contributed by atoms with Crippen LogP contribution in [-0.4, -0.2) is 22.9 Å². The van der Waals surface area contributed by atoms with Crippen LogP contribution in [0.5, 0.6) is 0 Å². The Labute approximate surface area is 618 Å². The van der Waals surface area contributed by atoms with E-state index < -0.39 is 16.1 Å². The third kappa shape index (κ3) is 10.4. The molecule has 0 fully saturated rings. The second-order valence-electron chi connectivity index (χ2n) is 28.6. The fourth-order valence-electron chi connectivity index (χ4n) is 18.0. The zero-order valence-electron chi connectivity index (χ0n) is 58.7. The Kier molecular flexibility index (Phi) is 15.7. The maximum Gasteiger partial charge on any atom is 0.252 e. The number of rotatable bonds is 14. The van der Waals surface area contributed by atoms with Crippen LogP contribution in [0.1, 0.15) is 25.0 Å². The third-order valence-corrected chi connectivity index (χ3v) is 32.3. The molecule has 3 nitrogen and oxygen atoms in total. The Bertz CT molecular complexity index is 5640. The molecule has 105 heavy (non-hydrogen) atoms. The average molecular weight is 1370 g/mol. The van der Waals surface area contributed by atoms with Gasteiger partial charge in [-0.05, 0) is 175 Å². The summed E-state index contributed by atoms with van der Waals surface area (Å²) in [4.78, 5) is 7.75. The summed E-state index contributed by atoms with van der Waals surface area (Å²) in [7, 11) is -6.05. The minimum absolute atomic E-state index is 0.210. The molecule has 3 aliphatic heterocycles. The fraction of sp³-hybridized carbons (Fsp3) is 0.0303. The van der Waals surface area contributed by atoms with E-state index in [2.05, 4.69) is 441 Å². The molecular formula is C99H74BN3Si2. The van der Waals surface area contributed by atoms with E-state index in [4.69, 9.17) is 0 Å². The molecule has 3 heterocycles. The lowest BCUT2D eigenvalue weighted by Gasteiger charge is -2.45. The number of benzene rings is 16. The molecule has 0 radical (unpaired) electrons. The number of hydrogen-bond donors (Lipinski definition) is 0. The van der Waals surface area contributed by atoms with Gasteiger partial charge in [-0.25, -0.2) is 0 Å². The molecule has 496 valence electrons. The first-order valence-corrected chi connectivity index (χ1v) is 40.7. The highest BCUT2D eigenvalue weighted by Crippen LogP contribution is 2.53. The summed E-state index contributed by atoms with van der Waals surface area (Å²) >= 11 is 0. The van der Waals surface area contributed by atoms with Crippen molar-refractivity contribution in [2.24, 2.45) is 0 Å². The highest BCUT2D eigenvalue weighted by molar-refractivity contribution is 7.20. The molecule has 0 aliphatic carbocycles. The van der Waals surface area contributed by atoms with Crippen molar-refractivity contribution >= 4 is 132 Å². The molecule has 3 aliphatic rings. The molecule has 0 aromatic heterocycles. The molecule has 0 saturated carbocycles. The monoisotopic (exact) mass is 1370 g/mol. The van der Waals surface area contributed by atoms with Crippen molar-refractivity contribution in [3.05, 3.63) is 424 Å². The van der Waals surface area contributed by atoms with Crippen LogP contribution in [0.3, 0.4) is 0 Å². The molecular weight excluding hydrogens is 1300 g/mol. The molecule has 0 N–H and O–H groups in total. The van der Waals surface area contributed by atoms with Crippen molar-refractivity contribution in [1.82, 2.24) is 0 Å². The van der Waals surface area contributed by atoms with E-state index >= 15 is 0 Å². The highest BCUT2D eigenvalue weighted by Gasteiger charge is 2.48. The SMILES string of the molecule is CC1(C)c2ccccc2N(c2cccc(-c3cc4c5c(c3)N(c3ccc([Si](c6ccccc6)(c6ccccc6)c6ccccc6)cc3)c3cc(-c6ccccc6)ccc3B5c3cc([Si](c5ccccc5)(c5ccccc5)c5ccccc5)ccc3N4c3cccc(-c4ccccc4)c3)c2)c2ccccc21. The predicted molar refractivity (Wildman–Crippen MR) is 451 cm³/mol. The van der Waals surface area contributed by atoms with Crippen LogP contribution in [0, 0.1) is 0 Å². The first-order valence-electron chi connectivity index (χ1n) is 36.7. The Morgan fingerprint density at radius 1 is 0.210 bits per heavy atom. The van der Waals surface area contributed by atoms with Gasteiger partial charge >= 0.3 is 0 Å². The molecule has 6 heteroatoms. The first kappa shape index (κ1) is 63.3. The van der Waals surface area contributed by atoms with Crippen molar-refractivity contribution in [1.29, 1.82) is 0 Å². The topological polar surface area (TPSA) is 9.72 Å². The lowest BCUT2D eigenvalue weighted by Crippen LogP contribution is -2.75. The Morgan fingerprint density at radius 3 is 0.990 bits per heavy atom. The van der Waals surface area contributed by atoms with E-state index in [1.807, 2.05) is 0 Å². The highest BCUT2D eigenvalue weighted by atomic mass is 28.3. The van der Waals surface area contributed by atoms with Crippen LogP contribution in [-0.2, 0) is 5.41 Å². The van der Waals surface area contributed by atoms with Gasteiger partial charge in [-0.1, -0.05) is 354 Å². The number of fused-ring (bicyclic) bond motifs is 6. The van der Waals surface area contributed by atoms with E-state index in [9.17, 15) is 0 Å². The van der Waals surface area contributed by atoms with E-state index in [-0.39, 0.29) is 12.1 Å². The molecule has 0 amide bonds. The maximum absolute atomic E-state index is 3.10. The van der Waals surface area contributed by atoms with Crippen LogP contribution in [0.25, 0.3) is 33.4 Å². The molecule has 0 unspecified atom stereocenters. The number of para-hydroxylation sites is 2. The summed E-state index contributed by atoms with van der Waals surface area (Å²) in [5.74, 6) is 0. The minimum atomic E-state index is -3.10. The second kappa shape index (κ2) is 26.0. The van der Waals surface area contributed by atoms with Gasteiger partial charge in [-0.15, -0.1) is 0 Å². The number of anilines is 9. The molecule has 16 aromatic rings. The zero-order chi connectivity index (χ0) is 70.1. The summed E-state index contributed by atoms with van der Waals surface area (Å²) in [6.07, 6.45) is 0. The van der Waals surface area contributed by atoms with Gasteiger partial charge in [0.25, 0.3) is 6.71 Å². The third-order valence-electron chi connectivity index (χ3n) is 22.7. The smallest absolute Gasteiger partial charge is 0.252 e. The van der Waals surface area contributed by atoms with Crippen LogP contribution >= 0.6 is 0 Å². The van der Waals surface area contributed by atoms with E-state index in [1.165, 1.54) is 91.5 Å². The van der Waals surface area contributed by atoms with E-state index in [0.29, 0.717) is 0 Å². The van der Waals surface area contributed by atoms with Crippen LogP contribution < -0.4 is 72.6 Å². The van der Waals surface area contributed by atoms with Crippen molar-refractivity contribution in [3.63, 3.8) is 0 Å². The van der Waals surface area contributed by atoms with Gasteiger partial charge in [-0.3, -0.25) is 0 Å². The zero-order valence-corrected chi connectivity index (χ0v) is 60.7. The fourth-order valence-corrected chi connectivity index (χ4v) is 27.5. The molecule has 0 spiro atoms. The summed E-state index contributed by atoms with van der Waals surface area (Å²) < 4.78 is 0. The van der Waals surface area contributed by atoms with Crippen molar-refractivity contribution in [2.75, 3.05) is 14.7 Å². The molecule has 0 atom stereocenters. The summed E-state index contributed by atoms with van der Waals surface area (Å²) in [6, 6.07) is 156. The maximum atomic E-state index is 2.66. The predicted octanol–water partition coefficient (Wildman–Crippen LogP) is 17.6.